The second-order valence-electron chi connectivity index (χ2n) is 4.82. The van der Waals surface area contributed by atoms with E-state index in [0.717, 1.165) is 31.1 Å². The van der Waals surface area contributed by atoms with Gasteiger partial charge in [-0.25, -0.2) is 0 Å². The van der Waals surface area contributed by atoms with Gasteiger partial charge < -0.3 is 0 Å². The van der Waals surface area contributed by atoms with Gasteiger partial charge in [-0.3, -0.25) is 9.69 Å². The lowest BCUT2D eigenvalue weighted by Gasteiger charge is -2.30. The fourth-order valence-corrected chi connectivity index (χ4v) is 3.12. The second kappa shape index (κ2) is 6.54. The lowest BCUT2D eigenvalue weighted by Crippen LogP contribution is -2.44. The van der Waals surface area contributed by atoms with Crippen LogP contribution in [0.2, 0.25) is 0 Å². The molecule has 1 aliphatic heterocycles. The lowest BCUT2D eigenvalue weighted by atomic mass is 10.0. The van der Waals surface area contributed by atoms with Crippen LogP contribution in [0.25, 0.3) is 0 Å². The molecule has 1 aliphatic rings. The molecule has 0 N–H and O–H groups in total. The normalized spacial score (nSPS) is 23.3. The third kappa shape index (κ3) is 4.56. The van der Waals surface area contributed by atoms with Crippen molar-refractivity contribution in [3.05, 3.63) is 0 Å². The van der Waals surface area contributed by atoms with Crippen molar-refractivity contribution < 1.29 is 4.79 Å². The number of likely N-dealkylation sites (N-methyl/N-ethyl adjacent to an activating group) is 1. The Balaban J connectivity index is 2.26. The van der Waals surface area contributed by atoms with E-state index < -0.39 is 0 Å². The van der Waals surface area contributed by atoms with Gasteiger partial charge in [0.05, 0.1) is 6.04 Å². The molecule has 0 aliphatic carbocycles. The summed E-state index contributed by atoms with van der Waals surface area (Å²) in [4.78, 5) is 14.2. The predicted molar refractivity (Wildman–Crippen MR) is 67.4 cm³/mol. The maximum atomic E-state index is 11.9. The van der Waals surface area contributed by atoms with Crippen molar-refractivity contribution >= 4 is 17.5 Å². The first-order valence-corrected chi connectivity index (χ1v) is 7.07. The Labute approximate surface area is 97.8 Å². The summed E-state index contributed by atoms with van der Waals surface area (Å²) in [5, 5.41) is 0. The van der Waals surface area contributed by atoms with Crippen LogP contribution in [-0.4, -0.2) is 41.8 Å². The molecule has 1 atom stereocenters. The fourth-order valence-electron chi connectivity index (χ4n) is 1.88. The van der Waals surface area contributed by atoms with Gasteiger partial charge in [-0.05, 0) is 19.4 Å². The number of hydrogen-bond donors (Lipinski definition) is 0. The molecule has 0 aromatic heterocycles. The van der Waals surface area contributed by atoms with Crippen molar-refractivity contribution in [1.29, 1.82) is 0 Å². The number of nitrogens with zero attached hydrogens (tertiary/aromatic N) is 1. The van der Waals surface area contributed by atoms with E-state index in [4.69, 9.17) is 0 Å². The molecule has 0 spiro atoms. The Morgan fingerprint density at radius 2 is 2.27 bits per heavy atom. The van der Waals surface area contributed by atoms with Gasteiger partial charge in [-0.15, -0.1) is 0 Å². The molecule has 1 unspecified atom stereocenters. The Kier molecular flexibility index (Phi) is 5.69. The van der Waals surface area contributed by atoms with E-state index >= 15 is 0 Å². The molecule has 3 heteroatoms. The number of carbonyl (C=O) groups is 1. The van der Waals surface area contributed by atoms with Crippen LogP contribution in [0.15, 0.2) is 0 Å². The van der Waals surface area contributed by atoms with Gasteiger partial charge in [-0.2, -0.15) is 11.8 Å². The van der Waals surface area contributed by atoms with Gasteiger partial charge in [0, 0.05) is 24.5 Å². The number of rotatable bonds is 5. The SMILES string of the molecule is CC(C)CCCC(=O)C1CSCCN1C. The Hall–Kier alpha value is -0.0200. The maximum absolute atomic E-state index is 11.9. The molecule has 0 saturated carbocycles. The third-order valence-electron chi connectivity index (χ3n) is 2.97. The quantitative estimate of drug-likeness (QED) is 0.722. The van der Waals surface area contributed by atoms with Crippen molar-refractivity contribution in [1.82, 2.24) is 4.90 Å². The molecule has 0 amide bonds. The number of carbonyl (C=O) groups excluding carboxylic acids is 1. The summed E-state index contributed by atoms with van der Waals surface area (Å²) in [5.41, 5.74) is 0. The van der Waals surface area contributed by atoms with Crippen LogP contribution < -0.4 is 0 Å². The van der Waals surface area contributed by atoms with Crippen molar-refractivity contribution in [2.45, 2.75) is 39.2 Å². The molecule has 0 radical (unpaired) electrons. The summed E-state index contributed by atoms with van der Waals surface area (Å²) >= 11 is 1.91. The first kappa shape index (κ1) is 13.0. The zero-order valence-electron chi connectivity index (χ0n) is 10.2. The molecule has 88 valence electrons. The van der Waals surface area contributed by atoms with E-state index in [1.807, 2.05) is 11.8 Å². The van der Waals surface area contributed by atoms with Crippen molar-refractivity contribution in [2.24, 2.45) is 5.92 Å². The number of thioether (sulfide) groups is 1. The summed E-state index contributed by atoms with van der Waals surface area (Å²) in [6, 6.07) is 0.191. The average Bonchev–Trinajstić information content (AvgIpc) is 2.17. The van der Waals surface area contributed by atoms with Crippen LogP contribution in [0.1, 0.15) is 33.1 Å². The molecule has 1 heterocycles. The van der Waals surface area contributed by atoms with Gasteiger partial charge in [-0.1, -0.05) is 20.3 Å². The molecule has 2 nitrogen and oxygen atoms in total. The predicted octanol–water partition coefficient (Wildman–Crippen LogP) is 2.43. The van der Waals surface area contributed by atoms with Crippen molar-refractivity contribution in [3.8, 4) is 0 Å². The Morgan fingerprint density at radius 1 is 1.53 bits per heavy atom. The lowest BCUT2D eigenvalue weighted by molar-refractivity contribution is -0.123. The minimum atomic E-state index is 0.191. The second-order valence-corrected chi connectivity index (χ2v) is 5.97. The van der Waals surface area contributed by atoms with Crippen LogP contribution >= 0.6 is 11.8 Å². The summed E-state index contributed by atoms with van der Waals surface area (Å²) in [5.74, 6) is 3.34. The van der Waals surface area contributed by atoms with E-state index in [0.29, 0.717) is 5.78 Å². The minimum Gasteiger partial charge on any atom is -0.298 e. The van der Waals surface area contributed by atoms with Crippen LogP contribution in [0.3, 0.4) is 0 Å². The summed E-state index contributed by atoms with van der Waals surface area (Å²) in [7, 11) is 2.07. The fraction of sp³-hybridized carbons (Fsp3) is 0.917. The summed E-state index contributed by atoms with van der Waals surface area (Å²) < 4.78 is 0. The maximum Gasteiger partial charge on any atom is 0.150 e. The van der Waals surface area contributed by atoms with Gasteiger partial charge in [0.25, 0.3) is 0 Å². The van der Waals surface area contributed by atoms with E-state index in [1.165, 1.54) is 12.2 Å². The average molecular weight is 229 g/mol. The highest BCUT2D eigenvalue weighted by Crippen LogP contribution is 2.17. The highest BCUT2D eigenvalue weighted by atomic mass is 32.2. The van der Waals surface area contributed by atoms with Gasteiger partial charge >= 0.3 is 0 Å². The minimum absolute atomic E-state index is 0.191. The van der Waals surface area contributed by atoms with E-state index in [-0.39, 0.29) is 6.04 Å². The first-order valence-electron chi connectivity index (χ1n) is 5.92. The molecule has 0 bridgehead atoms. The summed E-state index contributed by atoms with van der Waals surface area (Å²) in [6.07, 6.45) is 3.01. The van der Waals surface area contributed by atoms with Gasteiger partial charge in [0.2, 0.25) is 0 Å². The Bertz CT molecular complexity index is 206. The van der Waals surface area contributed by atoms with Crippen LogP contribution in [0.4, 0.5) is 0 Å². The largest absolute Gasteiger partial charge is 0.298 e. The molecular formula is C12H23NOS. The standard InChI is InChI=1S/C12H23NOS/c1-10(2)5-4-6-12(14)11-9-15-8-7-13(11)3/h10-11H,4-9H2,1-3H3. The highest BCUT2D eigenvalue weighted by molar-refractivity contribution is 7.99. The van der Waals surface area contributed by atoms with Crippen molar-refractivity contribution in [3.63, 3.8) is 0 Å². The van der Waals surface area contributed by atoms with E-state index in [2.05, 4.69) is 25.8 Å². The molecule has 1 fully saturated rings. The zero-order chi connectivity index (χ0) is 11.3. The van der Waals surface area contributed by atoms with Gasteiger partial charge in [0.15, 0.2) is 5.78 Å². The molecule has 1 rings (SSSR count). The molecular weight excluding hydrogens is 206 g/mol. The van der Waals surface area contributed by atoms with E-state index in [9.17, 15) is 4.79 Å². The van der Waals surface area contributed by atoms with Crippen molar-refractivity contribution in [2.75, 3.05) is 25.1 Å². The highest BCUT2D eigenvalue weighted by Gasteiger charge is 2.25. The molecule has 15 heavy (non-hydrogen) atoms. The molecule has 0 aromatic rings. The zero-order valence-corrected chi connectivity index (χ0v) is 11.0. The topological polar surface area (TPSA) is 20.3 Å². The van der Waals surface area contributed by atoms with Gasteiger partial charge in [0.1, 0.15) is 0 Å². The molecule has 0 aromatic carbocycles. The van der Waals surface area contributed by atoms with Crippen LogP contribution in [0.5, 0.6) is 0 Å². The smallest absolute Gasteiger partial charge is 0.150 e. The Morgan fingerprint density at radius 3 is 2.87 bits per heavy atom. The van der Waals surface area contributed by atoms with E-state index in [1.54, 1.807) is 0 Å². The first-order chi connectivity index (χ1) is 7.11. The van der Waals surface area contributed by atoms with Crippen LogP contribution in [-0.2, 0) is 4.79 Å². The number of ketones is 1. The summed E-state index contributed by atoms with van der Waals surface area (Å²) in [6.45, 7) is 5.49. The van der Waals surface area contributed by atoms with Crippen LogP contribution in [0, 0.1) is 5.92 Å². The number of Topliss-reactive ketones (excluding diaryl/α,β-unsaturated/α-hetero) is 1. The monoisotopic (exact) mass is 229 g/mol. The number of hydrogen-bond acceptors (Lipinski definition) is 3. The molecule has 1 saturated heterocycles. The third-order valence-corrected chi connectivity index (χ3v) is 4.00.